The number of anilines is 1. The number of hydrogen-bond acceptors (Lipinski definition) is 3. The van der Waals surface area contributed by atoms with Gasteiger partial charge in [0.15, 0.2) is 0 Å². The molecule has 0 bridgehead atoms. The fraction of sp³-hybridized carbons (Fsp3) is 0.348. The van der Waals surface area contributed by atoms with E-state index in [-0.39, 0.29) is 34.3 Å². The Labute approximate surface area is 188 Å². The quantitative estimate of drug-likeness (QED) is 0.642. The average Bonchev–Trinajstić information content (AvgIpc) is 3.58. The summed E-state index contributed by atoms with van der Waals surface area (Å²) in [4.78, 5) is 14.2. The van der Waals surface area contributed by atoms with Gasteiger partial charge >= 0.3 is 12.2 Å². The second-order valence-corrected chi connectivity index (χ2v) is 8.18. The minimum Gasteiger partial charge on any atom is -0.497 e. The zero-order valence-corrected chi connectivity index (χ0v) is 17.8. The molecule has 1 heterocycles. The summed E-state index contributed by atoms with van der Waals surface area (Å²) in [7, 11) is 1.52. The van der Waals surface area contributed by atoms with Crippen molar-refractivity contribution in [1.82, 2.24) is 5.32 Å². The van der Waals surface area contributed by atoms with Gasteiger partial charge < -0.3 is 15.2 Å². The molecule has 2 aromatic carbocycles. The monoisotopic (exact) mass is 464 g/mol. The molecule has 32 heavy (non-hydrogen) atoms. The molecular formula is C23H20ClF3N2O3. The number of methoxy groups -OCH3 is 1. The lowest BCUT2D eigenvalue weighted by Gasteiger charge is -2.42. The van der Waals surface area contributed by atoms with Crippen LogP contribution in [-0.2, 0) is 18.7 Å². The minimum absolute atomic E-state index is 0.000407. The van der Waals surface area contributed by atoms with Crippen molar-refractivity contribution in [2.45, 2.75) is 37.7 Å². The van der Waals surface area contributed by atoms with E-state index in [9.17, 15) is 23.1 Å². The van der Waals surface area contributed by atoms with E-state index in [1.807, 2.05) is 0 Å². The van der Waals surface area contributed by atoms with Crippen LogP contribution in [0.4, 0.5) is 23.7 Å². The van der Waals surface area contributed by atoms with Crippen LogP contribution in [0.15, 0.2) is 36.4 Å². The highest BCUT2D eigenvalue weighted by molar-refractivity contribution is 6.31. The second kappa shape index (κ2) is 8.23. The normalized spacial score (nSPS) is 20.2. The van der Waals surface area contributed by atoms with Crippen molar-refractivity contribution in [3.63, 3.8) is 0 Å². The standard InChI is InChI=1S/C23H20ClF3N2O3/c1-32-17-6-4-15(5-7-17)12-29-20-10-16(13-30)19(24)11-18(20)22(23(25,26)27,28-21(29)31)9-8-14-2-3-14/h4-7,10-11,14,30H,2-3,12-13H2,1H3,(H,28,31)/t22-/m0/s1. The number of ether oxygens (including phenoxy) is 1. The molecule has 0 unspecified atom stereocenters. The topological polar surface area (TPSA) is 61.8 Å². The summed E-state index contributed by atoms with van der Waals surface area (Å²) in [5, 5.41) is 11.7. The molecule has 9 heteroatoms. The Balaban J connectivity index is 1.86. The van der Waals surface area contributed by atoms with Crippen LogP contribution in [0.25, 0.3) is 0 Å². The van der Waals surface area contributed by atoms with Crippen molar-refractivity contribution >= 4 is 23.3 Å². The Morgan fingerprint density at radius 1 is 1.28 bits per heavy atom. The molecule has 5 nitrogen and oxygen atoms in total. The predicted molar refractivity (Wildman–Crippen MR) is 113 cm³/mol. The third kappa shape index (κ3) is 3.98. The number of nitrogens with zero attached hydrogens (tertiary/aromatic N) is 1. The lowest BCUT2D eigenvalue weighted by molar-refractivity contribution is -0.179. The number of aliphatic hydroxyl groups is 1. The van der Waals surface area contributed by atoms with Crippen molar-refractivity contribution in [2.24, 2.45) is 5.92 Å². The zero-order chi connectivity index (χ0) is 23.1. The van der Waals surface area contributed by atoms with Gasteiger partial charge in [-0.25, -0.2) is 4.79 Å². The number of benzene rings is 2. The maximum Gasteiger partial charge on any atom is 0.427 e. The summed E-state index contributed by atoms with van der Waals surface area (Å²) in [6.45, 7) is -0.490. The first-order valence-corrected chi connectivity index (χ1v) is 10.3. The van der Waals surface area contributed by atoms with E-state index in [0.29, 0.717) is 11.3 Å². The lowest BCUT2D eigenvalue weighted by Crippen LogP contribution is -2.62. The highest BCUT2D eigenvalue weighted by atomic mass is 35.5. The van der Waals surface area contributed by atoms with Gasteiger partial charge in [0, 0.05) is 16.5 Å². The number of carbonyl (C=O) groups excluding carboxylic acids is 1. The van der Waals surface area contributed by atoms with Crippen LogP contribution in [-0.4, -0.2) is 24.4 Å². The van der Waals surface area contributed by atoms with Crippen LogP contribution in [0.1, 0.15) is 29.5 Å². The molecule has 2 amide bonds. The highest BCUT2D eigenvalue weighted by Crippen LogP contribution is 2.47. The first-order chi connectivity index (χ1) is 15.2. The van der Waals surface area contributed by atoms with E-state index in [1.165, 1.54) is 18.1 Å². The molecule has 1 fully saturated rings. The Kier molecular flexibility index (Phi) is 5.74. The van der Waals surface area contributed by atoms with E-state index in [0.717, 1.165) is 18.9 Å². The largest absolute Gasteiger partial charge is 0.497 e. The summed E-state index contributed by atoms with van der Waals surface area (Å²) >= 11 is 6.17. The molecule has 168 valence electrons. The molecule has 0 aromatic heterocycles. The van der Waals surface area contributed by atoms with Crippen LogP contribution in [0.5, 0.6) is 5.75 Å². The number of rotatable bonds is 4. The van der Waals surface area contributed by atoms with E-state index in [4.69, 9.17) is 16.3 Å². The zero-order valence-electron chi connectivity index (χ0n) is 17.1. The van der Waals surface area contributed by atoms with Gasteiger partial charge in [0.05, 0.1) is 25.9 Å². The Morgan fingerprint density at radius 2 is 1.97 bits per heavy atom. The van der Waals surface area contributed by atoms with Crippen molar-refractivity contribution in [3.05, 3.63) is 58.1 Å². The fourth-order valence-electron chi connectivity index (χ4n) is 3.56. The van der Waals surface area contributed by atoms with Crippen LogP contribution < -0.4 is 15.0 Å². The van der Waals surface area contributed by atoms with Crippen LogP contribution in [0, 0.1) is 17.8 Å². The number of nitrogens with one attached hydrogen (secondary N) is 1. The third-order valence-corrected chi connectivity index (χ3v) is 5.89. The highest BCUT2D eigenvalue weighted by Gasteiger charge is 2.60. The summed E-state index contributed by atoms with van der Waals surface area (Å²) < 4.78 is 48.4. The number of halogens is 4. The second-order valence-electron chi connectivity index (χ2n) is 7.77. The first-order valence-electron chi connectivity index (χ1n) is 9.94. The first kappa shape index (κ1) is 22.3. The molecule has 1 saturated carbocycles. The third-order valence-electron chi connectivity index (χ3n) is 5.54. The van der Waals surface area contributed by atoms with Gasteiger partial charge in [-0.1, -0.05) is 35.6 Å². The number of carbonyl (C=O) groups is 1. The van der Waals surface area contributed by atoms with Gasteiger partial charge in [-0.2, -0.15) is 13.2 Å². The molecule has 0 radical (unpaired) electrons. The van der Waals surface area contributed by atoms with Crippen LogP contribution >= 0.6 is 11.6 Å². The van der Waals surface area contributed by atoms with E-state index in [2.05, 4.69) is 17.2 Å². The molecule has 2 aromatic rings. The van der Waals surface area contributed by atoms with Crippen molar-refractivity contribution in [3.8, 4) is 17.6 Å². The van der Waals surface area contributed by atoms with Crippen LogP contribution in [0.2, 0.25) is 5.02 Å². The molecule has 0 spiro atoms. The van der Waals surface area contributed by atoms with Crippen molar-refractivity contribution in [2.75, 3.05) is 12.0 Å². The fourth-order valence-corrected chi connectivity index (χ4v) is 3.78. The average molecular weight is 465 g/mol. The van der Waals surface area contributed by atoms with Crippen molar-refractivity contribution in [1.29, 1.82) is 0 Å². The van der Waals surface area contributed by atoms with Crippen LogP contribution in [0.3, 0.4) is 0 Å². The van der Waals surface area contributed by atoms with Crippen molar-refractivity contribution < 1.29 is 27.8 Å². The Morgan fingerprint density at radius 3 is 2.53 bits per heavy atom. The number of hydrogen-bond donors (Lipinski definition) is 2. The number of aliphatic hydroxyl groups excluding tert-OH is 1. The Hall–Kier alpha value is -2.89. The molecule has 1 aliphatic heterocycles. The molecule has 1 atom stereocenters. The predicted octanol–water partition coefficient (Wildman–Crippen LogP) is 4.74. The van der Waals surface area contributed by atoms with Gasteiger partial charge in [0.25, 0.3) is 0 Å². The number of urea groups is 1. The molecule has 1 aliphatic carbocycles. The molecule has 4 rings (SSSR count). The SMILES string of the molecule is COc1ccc(CN2C(=O)N[C@](C#CC3CC3)(C(F)(F)F)c3cc(Cl)c(CO)cc32)cc1. The molecular weight excluding hydrogens is 445 g/mol. The number of alkyl halides is 3. The summed E-state index contributed by atoms with van der Waals surface area (Å²) in [5.41, 5.74) is -2.27. The van der Waals surface area contributed by atoms with Gasteiger partial charge in [0.1, 0.15) is 5.75 Å². The molecule has 0 saturated heterocycles. The minimum atomic E-state index is -4.89. The lowest BCUT2D eigenvalue weighted by atomic mass is 9.85. The van der Waals surface area contributed by atoms with Gasteiger partial charge in [-0.3, -0.25) is 4.90 Å². The summed E-state index contributed by atoms with van der Waals surface area (Å²) in [6.07, 6.45) is -3.43. The summed E-state index contributed by atoms with van der Waals surface area (Å²) in [5.74, 6) is 5.46. The molecule has 2 aliphatic rings. The van der Waals surface area contributed by atoms with Gasteiger partial charge in [0.2, 0.25) is 5.54 Å². The Bertz CT molecular complexity index is 1100. The van der Waals surface area contributed by atoms with E-state index < -0.39 is 24.4 Å². The number of amides is 2. The smallest absolute Gasteiger partial charge is 0.427 e. The maximum atomic E-state index is 14.4. The van der Waals surface area contributed by atoms with E-state index in [1.54, 1.807) is 24.3 Å². The van der Waals surface area contributed by atoms with Gasteiger partial charge in [-0.15, -0.1) is 0 Å². The number of fused-ring (bicyclic) bond motifs is 1. The van der Waals surface area contributed by atoms with E-state index >= 15 is 0 Å². The molecule has 2 N–H and O–H groups in total. The maximum absolute atomic E-state index is 14.4. The van der Waals surface area contributed by atoms with Gasteiger partial charge in [-0.05, 0) is 48.2 Å². The summed E-state index contributed by atoms with van der Waals surface area (Å²) in [6, 6.07) is 8.33.